The van der Waals surface area contributed by atoms with Crippen LogP contribution in [0.3, 0.4) is 0 Å². The van der Waals surface area contributed by atoms with Crippen LogP contribution in [0.2, 0.25) is 5.02 Å². The van der Waals surface area contributed by atoms with Crippen LogP contribution in [0, 0.1) is 0 Å². The molecule has 21 heavy (non-hydrogen) atoms. The fourth-order valence-corrected chi connectivity index (χ4v) is 3.64. The molecule has 2 aliphatic rings. The predicted octanol–water partition coefficient (Wildman–Crippen LogP) is 2.58. The number of ether oxygens (including phenoxy) is 1. The molecule has 3 rings (SSSR count). The largest absolute Gasteiger partial charge is 0.409 e. The van der Waals surface area contributed by atoms with Gasteiger partial charge in [0.2, 0.25) is 0 Å². The Morgan fingerprint density at radius 1 is 1.38 bits per heavy atom. The summed E-state index contributed by atoms with van der Waals surface area (Å²) in [5.41, 5.74) is 7.24. The Balaban J connectivity index is 1.88. The fourth-order valence-electron chi connectivity index (χ4n) is 3.35. The molecule has 114 valence electrons. The van der Waals surface area contributed by atoms with Gasteiger partial charge in [0.15, 0.2) is 5.84 Å². The summed E-state index contributed by atoms with van der Waals surface area (Å²) in [6, 6.07) is 5.94. The molecule has 2 unspecified atom stereocenters. The summed E-state index contributed by atoms with van der Waals surface area (Å²) < 4.78 is 5.90. The highest BCUT2D eigenvalue weighted by molar-refractivity contribution is 6.33. The number of anilines is 1. The number of hydrogen-bond acceptors (Lipinski definition) is 4. The fraction of sp³-hybridized carbons (Fsp3) is 0.533. The van der Waals surface area contributed by atoms with Crippen molar-refractivity contribution in [3.05, 3.63) is 28.8 Å². The van der Waals surface area contributed by atoms with E-state index in [0.717, 1.165) is 31.7 Å². The van der Waals surface area contributed by atoms with Crippen molar-refractivity contribution in [3.63, 3.8) is 0 Å². The zero-order chi connectivity index (χ0) is 14.8. The average Bonchev–Trinajstić information content (AvgIpc) is 2.53. The summed E-state index contributed by atoms with van der Waals surface area (Å²) in [7, 11) is 0. The number of rotatable bonds is 2. The zero-order valence-electron chi connectivity index (χ0n) is 11.8. The van der Waals surface area contributed by atoms with E-state index >= 15 is 0 Å². The Morgan fingerprint density at radius 3 is 2.95 bits per heavy atom. The predicted molar refractivity (Wildman–Crippen MR) is 83.3 cm³/mol. The molecule has 5 nitrogen and oxygen atoms in total. The molecule has 0 radical (unpaired) electrons. The van der Waals surface area contributed by atoms with E-state index in [1.807, 2.05) is 12.1 Å². The van der Waals surface area contributed by atoms with Gasteiger partial charge in [-0.3, -0.25) is 0 Å². The summed E-state index contributed by atoms with van der Waals surface area (Å²) in [5.74, 6) is 0.0703. The Hall–Kier alpha value is -1.46. The van der Waals surface area contributed by atoms with E-state index in [0.29, 0.717) is 22.7 Å². The number of nitrogens with two attached hydrogens (primary N) is 1. The highest BCUT2D eigenvalue weighted by atomic mass is 35.5. The summed E-state index contributed by atoms with van der Waals surface area (Å²) in [6.07, 6.45) is 5.06. The summed E-state index contributed by atoms with van der Waals surface area (Å²) in [6.45, 7) is 1.59. The molecule has 6 heteroatoms. The molecule has 1 saturated carbocycles. The quantitative estimate of drug-likeness (QED) is 0.381. The van der Waals surface area contributed by atoms with Crippen molar-refractivity contribution in [1.29, 1.82) is 0 Å². The van der Waals surface area contributed by atoms with E-state index < -0.39 is 0 Å². The van der Waals surface area contributed by atoms with Gasteiger partial charge in [0.25, 0.3) is 0 Å². The van der Waals surface area contributed by atoms with Gasteiger partial charge in [0.05, 0.1) is 29.5 Å². The Labute approximate surface area is 129 Å². The lowest BCUT2D eigenvalue weighted by Crippen LogP contribution is -2.53. The van der Waals surface area contributed by atoms with Crippen molar-refractivity contribution in [3.8, 4) is 0 Å². The van der Waals surface area contributed by atoms with Gasteiger partial charge in [0.1, 0.15) is 0 Å². The van der Waals surface area contributed by atoms with E-state index in [1.165, 1.54) is 12.8 Å². The first-order valence-electron chi connectivity index (χ1n) is 7.36. The van der Waals surface area contributed by atoms with Gasteiger partial charge in [-0.05, 0) is 31.0 Å². The van der Waals surface area contributed by atoms with Gasteiger partial charge in [-0.15, -0.1) is 0 Å². The third kappa shape index (κ3) is 2.80. The van der Waals surface area contributed by atoms with Crippen LogP contribution in [0.4, 0.5) is 5.69 Å². The molecular formula is C15H20ClN3O2. The van der Waals surface area contributed by atoms with Gasteiger partial charge in [-0.25, -0.2) is 0 Å². The van der Waals surface area contributed by atoms with Gasteiger partial charge in [-0.1, -0.05) is 29.6 Å². The maximum absolute atomic E-state index is 8.74. The van der Waals surface area contributed by atoms with Gasteiger partial charge < -0.3 is 20.6 Å². The number of fused-ring (bicyclic) bond motifs is 1. The number of halogens is 1. The molecular weight excluding hydrogens is 290 g/mol. The van der Waals surface area contributed by atoms with Gasteiger partial charge >= 0.3 is 0 Å². The van der Waals surface area contributed by atoms with Crippen LogP contribution >= 0.6 is 11.6 Å². The minimum absolute atomic E-state index is 0.0703. The third-order valence-corrected chi connectivity index (χ3v) is 4.70. The Kier molecular flexibility index (Phi) is 4.22. The maximum Gasteiger partial charge on any atom is 0.170 e. The third-order valence-electron chi connectivity index (χ3n) is 4.39. The van der Waals surface area contributed by atoms with E-state index in [9.17, 15) is 0 Å². The molecule has 1 aliphatic carbocycles. The molecule has 1 heterocycles. The molecule has 1 aromatic rings. The van der Waals surface area contributed by atoms with Crippen LogP contribution in [0.15, 0.2) is 23.4 Å². The molecule has 0 spiro atoms. The van der Waals surface area contributed by atoms with Crippen molar-refractivity contribution in [2.45, 2.75) is 37.8 Å². The molecule has 1 saturated heterocycles. The Bertz CT molecular complexity index is 548. The van der Waals surface area contributed by atoms with E-state index in [4.69, 9.17) is 27.3 Å². The normalized spacial score (nSPS) is 26.5. The minimum Gasteiger partial charge on any atom is -0.409 e. The number of benzene rings is 1. The lowest BCUT2D eigenvalue weighted by molar-refractivity contribution is -0.00866. The second-order valence-corrected chi connectivity index (χ2v) is 6.01. The number of amidine groups is 1. The molecule has 1 aromatic carbocycles. The average molecular weight is 310 g/mol. The van der Waals surface area contributed by atoms with Crippen LogP contribution in [0.1, 0.15) is 31.2 Å². The lowest BCUT2D eigenvalue weighted by atomic mass is 9.89. The Morgan fingerprint density at radius 2 is 2.19 bits per heavy atom. The number of nitrogens with zero attached hydrogens (tertiary/aromatic N) is 2. The van der Waals surface area contributed by atoms with Crippen molar-refractivity contribution in [2.75, 3.05) is 18.1 Å². The topological polar surface area (TPSA) is 71.1 Å². The van der Waals surface area contributed by atoms with Gasteiger partial charge in [-0.2, -0.15) is 0 Å². The van der Waals surface area contributed by atoms with Crippen molar-refractivity contribution in [2.24, 2.45) is 10.9 Å². The minimum atomic E-state index is 0.0703. The highest BCUT2D eigenvalue weighted by Crippen LogP contribution is 2.35. The molecule has 2 fully saturated rings. The number of oxime groups is 1. The van der Waals surface area contributed by atoms with Crippen LogP contribution in [-0.4, -0.2) is 36.3 Å². The van der Waals surface area contributed by atoms with Crippen molar-refractivity contribution < 1.29 is 9.94 Å². The smallest absolute Gasteiger partial charge is 0.170 e. The van der Waals surface area contributed by atoms with Crippen molar-refractivity contribution in [1.82, 2.24) is 0 Å². The monoisotopic (exact) mass is 309 g/mol. The SMILES string of the molecule is NC(=NO)c1ccc(N2CCOC3CCCCC32)c(Cl)c1. The van der Waals surface area contributed by atoms with Crippen molar-refractivity contribution >= 4 is 23.1 Å². The standard InChI is InChI=1S/C15H20ClN3O2/c16-11-9-10(15(17)18-20)5-6-12(11)19-7-8-21-14-4-2-1-3-13(14)19/h5-6,9,13-14,20H,1-4,7-8H2,(H2,17,18). The van der Waals surface area contributed by atoms with E-state index in [1.54, 1.807) is 6.07 Å². The zero-order valence-corrected chi connectivity index (χ0v) is 12.6. The van der Waals surface area contributed by atoms with Crippen LogP contribution in [-0.2, 0) is 4.74 Å². The molecule has 1 aliphatic heterocycles. The first kappa shape index (κ1) is 14.5. The maximum atomic E-state index is 8.74. The number of morpholine rings is 1. The van der Waals surface area contributed by atoms with E-state index in [-0.39, 0.29) is 5.84 Å². The highest BCUT2D eigenvalue weighted by Gasteiger charge is 2.35. The second-order valence-electron chi connectivity index (χ2n) is 5.61. The first-order valence-corrected chi connectivity index (χ1v) is 7.74. The summed E-state index contributed by atoms with van der Waals surface area (Å²) >= 11 is 6.42. The lowest BCUT2D eigenvalue weighted by Gasteiger charge is -2.45. The van der Waals surface area contributed by atoms with Crippen LogP contribution in [0.5, 0.6) is 0 Å². The molecule has 0 aromatic heterocycles. The van der Waals surface area contributed by atoms with Gasteiger partial charge in [0, 0.05) is 12.1 Å². The summed E-state index contributed by atoms with van der Waals surface area (Å²) in [4.78, 5) is 2.35. The first-order chi connectivity index (χ1) is 10.2. The van der Waals surface area contributed by atoms with E-state index in [2.05, 4.69) is 10.1 Å². The molecule has 0 amide bonds. The summed E-state index contributed by atoms with van der Waals surface area (Å²) in [5, 5.41) is 12.4. The second kappa shape index (κ2) is 6.12. The molecule has 2 atom stereocenters. The molecule has 0 bridgehead atoms. The van der Waals surface area contributed by atoms with Crippen LogP contribution < -0.4 is 10.6 Å². The van der Waals surface area contributed by atoms with Crippen LogP contribution in [0.25, 0.3) is 0 Å². The number of hydrogen-bond donors (Lipinski definition) is 2. The molecule has 3 N–H and O–H groups in total.